The molecule has 2 atom stereocenters. The van der Waals surface area contributed by atoms with Crippen LogP contribution in [0.2, 0.25) is 0 Å². The third-order valence-corrected chi connectivity index (χ3v) is 4.37. The third-order valence-electron chi connectivity index (χ3n) is 3.61. The van der Waals surface area contributed by atoms with Crippen LogP contribution in [-0.4, -0.2) is 49.5 Å². The summed E-state index contributed by atoms with van der Waals surface area (Å²) in [6.45, 7) is 2.32. The smallest absolute Gasteiger partial charge is 0.303 e. The van der Waals surface area contributed by atoms with Crippen molar-refractivity contribution in [1.29, 1.82) is 0 Å². The molecule has 2 N–H and O–H groups in total. The number of H-pyrrole nitrogens is 1. The van der Waals surface area contributed by atoms with Gasteiger partial charge in [0.15, 0.2) is 0 Å². The van der Waals surface area contributed by atoms with Crippen molar-refractivity contribution in [3.05, 3.63) is 28.5 Å². The van der Waals surface area contributed by atoms with Crippen LogP contribution in [0.25, 0.3) is 0 Å². The molecule has 106 valence electrons. The van der Waals surface area contributed by atoms with E-state index in [1.54, 1.807) is 23.7 Å². The summed E-state index contributed by atoms with van der Waals surface area (Å²) >= 11 is 1.62. The van der Waals surface area contributed by atoms with Gasteiger partial charge in [0.2, 0.25) is 0 Å². The van der Waals surface area contributed by atoms with Crippen LogP contribution in [0.4, 0.5) is 0 Å². The molecule has 2 aromatic heterocycles. The Kier molecular flexibility index (Phi) is 3.75. The summed E-state index contributed by atoms with van der Waals surface area (Å²) in [6, 6.07) is 0. The Hall–Kier alpha value is -1.80. The standard InChI is InChI=1S/C12H15N5O2S/c18-12(19)3-8-5-17(7-11-13-1-2-20-11)6-9(8)10-4-14-16-15-10/h1-2,4,8-9H,3,5-7H2,(H,18,19)(H,14,15,16)/t8-,9+/m0/s1. The number of hydrogen-bond acceptors (Lipinski definition) is 6. The van der Waals surface area contributed by atoms with Crippen LogP contribution in [-0.2, 0) is 11.3 Å². The van der Waals surface area contributed by atoms with Gasteiger partial charge in [-0.1, -0.05) is 0 Å². The van der Waals surface area contributed by atoms with E-state index < -0.39 is 5.97 Å². The largest absolute Gasteiger partial charge is 0.481 e. The maximum Gasteiger partial charge on any atom is 0.303 e. The van der Waals surface area contributed by atoms with Crippen LogP contribution < -0.4 is 0 Å². The van der Waals surface area contributed by atoms with Gasteiger partial charge in [-0.05, 0) is 5.92 Å². The van der Waals surface area contributed by atoms with Crippen molar-refractivity contribution in [2.24, 2.45) is 5.92 Å². The number of aromatic nitrogens is 4. The average molecular weight is 293 g/mol. The van der Waals surface area contributed by atoms with Crippen molar-refractivity contribution in [3.8, 4) is 0 Å². The molecule has 0 bridgehead atoms. The van der Waals surface area contributed by atoms with Gasteiger partial charge >= 0.3 is 5.97 Å². The van der Waals surface area contributed by atoms with Gasteiger partial charge in [0.25, 0.3) is 0 Å². The highest BCUT2D eigenvalue weighted by molar-refractivity contribution is 7.09. The van der Waals surface area contributed by atoms with E-state index in [1.807, 2.05) is 5.38 Å². The second kappa shape index (κ2) is 5.68. The number of likely N-dealkylation sites (tertiary alicyclic amines) is 1. The topological polar surface area (TPSA) is 95.0 Å². The first-order valence-corrected chi connectivity index (χ1v) is 7.28. The van der Waals surface area contributed by atoms with Crippen molar-refractivity contribution in [1.82, 2.24) is 25.3 Å². The number of aliphatic carboxylic acids is 1. The molecule has 20 heavy (non-hydrogen) atoms. The molecule has 0 spiro atoms. The first-order valence-electron chi connectivity index (χ1n) is 6.40. The number of nitrogens with zero attached hydrogens (tertiary/aromatic N) is 4. The molecule has 3 heterocycles. The number of aromatic amines is 1. The van der Waals surface area contributed by atoms with E-state index in [2.05, 4.69) is 25.3 Å². The van der Waals surface area contributed by atoms with E-state index in [0.717, 1.165) is 30.3 Å². The van der Waals surface area contributed by atoms with Crippen LogP contribution in [0, 0.1) is 5.92 Å². The van der Waals surface area contributed by atoms with Crippen LogP contribution in [0.15, 0.2) is 17.8 Å². The number of hydrogen-bond donors (Lipinski definition) is 2. The molecule has 0 aromatic carbocycles. The Morgan fingerprint density at radius 2 is 2.45 bits per heavy atom. The van der Waals surface area contributed by atoms with Gasteiger partial charge in [-0.15, -0.1) is 11.3 Å². The highest BCUT2D eigenvalue weighted by Crippen LogP contribution is 2.34. The fraction of sp³-hybridized carbons (Fsp3) is 0.500. The van der Waals surface area contributed by atoms with Gasteiger partial charge in [0, 0.05) is 30.6 Å². The van der Waals surface area contributed by atoms with E-state index >= 15 is 0 Å². The maximum atomic E-state index is 11.0. The Labute approximate surface area is 119 Å². The highest BCUT2D eigenvalue weighted by atomic mass is 32.1. The van der Waals surface area contributed by atoms with Gasteiger partial charge in [-0.3, -0.25) is 9.69 Å². The number of carboxylic acid groups (broad SMARTS) is 1. The third kappa shape index (κ3) is 2.86. The quantitative estimate of drug-likeness (QED) is 0.852. The summed E-state index contributed by atoms with van der Waals surface area (Å²) in [5, 5.41) is 22.6. The molecule has 0 radical (unpaired) electrons. The van der Waals surface area contributed by atoms with Crippen molar-refractivity contribution < 1.29 is 9.90 Å². The molecular formula is C12H15N5O2S. The second-order valence-electron chi connectivity index (χ2n) is 4.98. The lowest BCUT2D eigenvalue weighted by Gasteiger charge is -2.13. The van der Waals surface area contributed by atoms with Crippen molar-refractivity contribution >= 4 is 17.3 Å². The summed E-state index contributed by atoms with van der Waals surface area (Å²) in [4.78, 5) is 17.5. The van der Waals surface area contributed by atoms with E-state index in [4.69, 9.17) is 5.11 Å². The number of carbonyl (C=O) groups is 1. The lowest BCUT2D eigenvalue weighted by atomic mass is 9.91. The Morgan fingerprint density at radius 3 is 3.10 bits per heavy atom. The van der Waals surface area contributed by atoms with Crippen molar-refractivity contribution in [2.45, 2.75) is 18.9 Å². The molecule has 7 nitrogen and oxygen atoms in total. The van der Waals surface area contributed by atoms with Gasteiger partial charge in [-0.2, -0.15) is 15.4 Å². The zero-order valence-electron chi connectivity index (χ0n) is 10.8. The molecule has 1 fully saturated rings. The van der Waals surface area contributed by atoms with Gasteiger partial charge in [0.05, 0.1) is 24.9 Å². The number of carboxylic acids is 1. The molecule has 1 aliphatic rings. The van der Waals surface area contributed by atoms with Gasteiger partial charge in [-0.25, -0.2) is 4.98 Å². The lowest BCUT2D eigenvalue weighted by Crippen LogP contribution is -2.20. The Balaban J connectivity index is 1.72. The van der Waals surface area contributed by atoms with E-state index in [0.29, 0.717) is 0 Å². The zero-order chi connectivity index (χ0) is 13.9. The monoisotopic (exact) mass is 293 g/mol. The van der Waals surface area contributed by atoms with Crippen molar-refractivity contribution in [3.63, 3.8) is 0 Å². The molecule has 8 heteroatoms. The molecule has 0 saturated carbocycles. The Bertz CT molecular complexity index is 556. The highest BCUT2D eigenvalue weighted by Gasteiger charge is 2.36. The fourth-order valence-corrected chi connectivity index (χ4v) is 3.42. The predicted octanol–water partition coefficient (Wildman–Crippen LogP) is 0.951. The fourth-order valence-electron chi connectivity index (χ4n) is 2.77. The lowest BCUT2D eigenvalue weighted by molar-refractivity contribution is -0.138. The summed E-state index contributed by atoms with van der Waals surface area (Å²) in [6.07, 6.45) is 3.64. The van der Waals surface area contributed by atoms with Crippen molar-refractivity contribution in [2.75, 3.05) is 13.1 Å². The van der Waals surface area contributed by atoms with E-state index in [1.165, 1.54) is 0 Å². The second-order valence-corrected chi connectivity index (χ2v) is 5.96. The average Bonchev–Trinajstić information content (AvgIpc) is 3.10. The summed E-state index contributed by atoms with van der Waals surface area (Å²) in [5.74, 6) is -0.582. The minimum Gasteiger partial charge on any atom is -0.481 e. The molecule has 0 amide bonds. The van der Waals surface area contributed by atoms with Crippen LogP contribution in [0.3, 0.4) is 0 Å². The first kappa shape index (κ1) is 13.2. The molecule has 1 saturated heterocycles. The summed E-state index contributed by atoms with van der Waals surface area (Å²) in [7, 11) is 0. The molecule has 3 rings (SSSR count). The van der Waals surface area contributed by atoms with E-state index in [-0.39, 0.29) is 18.3 Å². The number of nitrogens with one attached hydrogen (secondary N) is 1. The number of thiazole rings is 1. The van der Waals surface area contributed by atoms with E-state index in [9.17, 15) is 4.79 Å². The minimum atomic E-state index is -0.764. The number of rotatable bonds is 5. The molecule has 0 aliphatic carbocycles. The molecular weight excluding hydrogens is 278 g/mol. The summed E-state index contributed by atoms with van der Waals surface area (Å²) in [5.41, 5.74) is 0.845. The predicted molar refractivity (Wildman–Crippen MR) is 72.3 cm³/mol. The first-order chi connectivity index (χ1) is 9.72. The Morgan fingerprint density at radius 1 is 1.55 bits per heavy atom. The van der Waals surface area contributed by atoms with Gasteiger partial charge in [0.1, 0.15) is 5.01 Å². The maximum absolute atomic E-state index is 11.0. The van der Waals surface area contributed by atoms with Gasteiger partial charge < -0.3 is 5.11 Å². The van der Waals surface area contributed by atoms with Crippen LogP contribution >= 0.6 is 11.3 Å². The van der Waals surface area contributed by atoms with Crippen LogP contribution in [0.1, 0.15) is 23.0 Å². The zero-order valence-corrected chi connectivity index (χ0v) is 11.6. The normalized spacial score (nSPS) is 23.2. The molecule has 0 unspecified atom stereocenters. The SMILES string of the molecule is O=C(O)C[C@H]1CN(Cc2nccs2)C[C@H]1c1cn[nH]n1. The van der Waals surface area contributed by atoms with Crippen LogP contribution in [0.5, 0.6) is 0 Å². The summed E-state index contributed by atoms with van der Waals surface area (Å²) < 4.78 is 0. The molecule has 1 aliphatic heterocycles. The molecule has 2 aromatic rings. The minimum absolute atomic E-state index is 0.0672.